The largest absolute Gasteiger partial charge is 0.480 e. The molecule has 4 aromatic carbocycles. The van der Waals surface area contributed by atoms with E-state index in [1.807, 2.05) is 18.2 Å². The van der Waals surface area contributed by atoms with Gasteiger partial charge in [0.2, 0.25) is 35.4 Å². The van der Waals surface area contributed by atoms with Crippen molar-refractivity contribution in [2.45, 2.75) is 122 Å². The number of nitrogens with one attached hydrogen (secondary N) is 7. The number of unbranched alkanes of at least 4 members (excludes halogenated alkanes) is 1. The molecule has 0 fully saturated rings. The number of hydrogen-bond donors (Lipinski definition) is 8. The van der Waals surface area contributed by atoms with Crippen molar-refractivity contribution >= 4 is 65.4 Å². The number of carbonyl (C=O) groups excluding carboxylic acids is 10. The van der Waals surface area contributed by atoms with Gasteiger partial charge >= 0.3 is 30.0 Å². The third-order valence-electron chi connectivity index (χ3n) is 11.8. The molecule has 0 heterocycles. The molecule has 23 nitrogen and oxygen atoms in total. The minimum Gasteiger partial charge on any atom is -0.480 e. The van der Waals surface area contributed by atoms with Gasteiger partial charge in [-0.05, 0) is 53.9 Å². The average molecular weight is 1110 g/mol. The van der Waals surface area contributed by atoms with E-state index in [-0.39, 0.29) is 39.4 Å². The Morgan fingerprint density at radius 3 is 1.36 bits per heavy atom. The third kappa shape index (κ3) is 24.9. The summed E-state index contributed by atoms with van der Waals surface area (Å²) in [5, 5.41) is 27.1. The van der Waals surface area contributed by atoms with Crippen molar-refractivity contribution in [1.29, 1.82) is 0 Å². The fourth-order valence-corrected chi connectivity index (χ4v) is 7.49. The molecular formula is C57H69N7O16. The van der Waals surface area contributed by atoms with E-state index in [0.717, 1.165) is 5.56 Å². The van der Waals surface area contributed by atoms with Crippen molar-refractivity contribution in [2.24, 2.45) is 5.92 Å². The van der Waals surface area contributed by atoms with E-state index < -0.39 is 134 Å². The average Bonchev–Trinajstić information content (AvgIpc) is 3.44. The second-order valence-electron chi connectivity index (χ2n) is 18.7. The Labute approximate surface area is 463 Å². The lowest BCUT2D eigenvalue weighted by molar-refractivity contribution is -0.151. The zero-order valence-electron chi connectivity index (χ0n) is 44.8. The lowest BCUT2D eigenvalue weighted by Gasteiger charge is -2.27. The molecule has 7 amide bonds. The van der Waals surface area contributed by atoms with E-state index in [0.29, 0.717) is 29.5 Å². The van der Waals surface area contributed by atoms with Gasteiger partial charge in [-0.3, -0.25) is 43.2 Å². The monoisotopic (exact) mass is 1110 g/mol. The van der Waals surface area contributed by atoms with Crippen molar-refractivity contribution in [1.82, 2.24) is 37.2 Å². The van der Waals surface area contributed by atoms with E-state index in [1.165, 1.54) is 20.8 Å². The maximum atomic E-state index is 14.3. The Morgan fingerprint density at radius 2 is 0.887 bits per heavy atom. The normalized spacial score (nSPS) is 12.6. The van der Waals surface area contributed by atoms with Gasteiger partial charge < -0.3 is 61.3 Å². The number of benzene rings is 4. The Balaban J connectivity index is 1.47. The Bertz CT molecular complexity index is 2680. The maximum absolute atomic E-state index is 14.3. The van der Waals surface area contributed by atoms with Crippen molar-refractivity contribution < 1.29 is 76.8 Å². The molecule has 5 atom stereocenters. The fraction of sp³-hybridized carbons (Fsp3) is 0.386. The van der Waals surface area contributed by atoms with Crippen LogP contribution in [0.25, 0.3) is 0 Å². The van der Waals surface area contributed by atoms with Gasteiger partial charge in [0.15, 0.2) is 0 Å². The summed E-state index contributed by atoms with van der Waals surface area (Å²) >= 11 is 0. The van der Waals surface area contributed by atoms with Crippen molar-refractivity contribution in [3.05, 3.63) is 144 Å². The van der Waals surface area contributed by atoms with Gasteiger partial charge in [0, 0.05) is 19.9 Å². The molecule has 0 bridgehead atoms. The Morgan fingerprint density at radius 1 is 0.450 bits per heavy atom. The minimum atomic E-state index is -1.79. The fourth-order valence-electron chi connectivity index (χ4n) is 7.49. The van der Waals surface area contributed by atoms with Crippen LogP contribution in [0, 0.1) is 5.92 Å². The van der Waals surface area contributed by atoms with Crippen LogP contribution >= 0.6 is 0 Å². The zero-order chi connectivity index (χ0) is 58.2. The first-order valence-corrected chi connectivity index (χ1v) is 25.9. The molecule has 8 N–H and O–H groups in total. The van der Waals surface area contributed by atoms with E-state index in [9.17, 15) is 57.8 Å². The summed E-state index contributed by atoms with van der Waals surface area (Å²) in [5.41, 5.74) is 2.68. The molecule has 0 aliphatic heterocycles. The van der Waals surface area contributed by atoms with Gasteiger partial charge in [0.1, 0.15) is 56.6 Å². The summed E-state index contributed by atoms with van der Waals surface area (Å²) in [4.78, 5) is 145. The number of aliphatic carboxylic acids is 1. The van der Waals surface area contributed by atoms with Crippen LogP contribution in [0.1, 0.15) is 88.0 Å². The molecule has 0 spiro atoms. The van der Waals surface area contributed by atoms with Crippen molar-refractivity contribution in [3.8, 4) is 0 Å². The van der Waals surface area contributed by atoms with E-state index in [2.05, 4.69) is 37.2 Å². The van der Waals surface area contributed by atoms with E-state index >= 15 is 0 Å². The number of carbonyl (C=O) groups is 11. The smallest absolute Gasteiger partial charge is 0.407 e. The number of hydrogen-bond acceptors (Lipinski definition) is 15. The molecule has 23 heteroatoms. The quantitative estimate of drug-likeness (QED) is 0.0193. The molecule has 4 rings (SSSR count). The first-order chi connectivity index (χ1) is 38.4. The third-order valence-corrected chi connectivity index (χ3v) is 11.8. The van der Waals surface area contributed by atoms with Gasteiger partial charge in [-0.25, -0.2) is 9.59 Å². The topological polar surface area (TPSA) is 329 Å². The van der Waals surface area contributed by atoms with Crippen LogP contribution < -0.4 is 37.2 Å². The molecule has 0 saturated carbocycles. The molecule has 0 saturated heterocycles. The molecule has 80 heavy (non-hydrogen) atoms. The number of carboxylic acids is 1. The molecule has 0 aliphatic carbocycles. The molecule has 0 aromatic heterocycles. The summed E-state index contributed by atoms with van der Waals surface area (Å²) in [6.45, 7) is 3.24. The SMILES string of the molecule is CC(=O)N[C@@H](CCCCNC(=O)OCc1ccccc1)C(=O)NCC(=O)N[C@@H](CC(=O)OCc1ccccc1)C(=O)N[C@@H](CCC(=O)OCc1ccccc1)C(=O)N[C@H](C(=O)N[C@@H](CC(=O)OCc1ccccc1)C(=O)O)C(C)C. The minimum absolute atomic E-state index is 0.0695. The number of rotatable bonds is 33. The summed E-state index contributed by atoms with van der Waals surface area (Å²) in [5.74, 6) is -10.5. The van der Waals surface area contributed by atoms with Gasteiger partial charge in [0.25, 0.3) is 0 Å². The number of ether oxygens (including phenoxy) is 4. The highest BCUT2D eigenvalue weighted by Gasteiger charge is 2.35. The molecule has 0 radical (unpaired) electrons. The van der Waals surface area contributed by atoms with Crippen LogP contribution in [-0.2, 0) is 93.3 Å². The first kappa shape index (κ1) is 63.4. The predicted molar refractivity (Wildman–Crippen MR) is 286 cm³/mol. The first-order valence-electron chi connectivity index (χ1n) is 25.9. The summed E-state index contributed by atoms with van der Waals surface area (Å²) in [6, 6.07) is 27.0. The number of alkyl carbamates (subject to hydrolysis) is 1. The van der Waals surface area contributed by atoms with Crippen molar-refractivity contribution in [3.63, 3.8) is 0 Å². The highest BCUT2D eigenvalue weighted by atomic mass is 16.6. The van der Waals surface area contributed by atoms with Crippen LogP contribution in [0.2, 0.25) is 0 Å². The summed E-state index contributed by atoms with van der Waals surface area (Å²) in [7, 11) is 0. The van der Waals surface area contributed by atoms with Crippen molar-refractivity contribution in [2.75, 3.05) is 13.1 Å². The van der Waals surface area contributed by atoms with Crippen LogP contribution in [-0.4, -0.2) is 114 Å². The van der Waals surface area contributed by atoms with Gasteiger partial charge in [-0.15, -0.1) is 0 Å². The van der Waals surface area contributed by atoms with Crippen LogP contribution in [0.5, 0.6) is 0 Å². The molecular weight excluding hydrogens is 1040 g/mol. The predicted octanol–water partition coefficient (Wildman–Crippen LogP) is 3.17. The van der Waals surface area contributed by atoms with E-state index in [1.54, 1.807) is 103 Å². The highest BCUT2D eigenvalue weighted by Crippen LogP contribution is 2.12. The lowest BCUT2D eigenvalue weighted by Crippen LogP contribution is -2.59. The molecule has 428 valence electrons. The Hall–Kier alpha value is -9.15. The standard InChI is InChI=1S/C57H69N7O16/c1-37(2)51(55(73)63-46(56(74)75)31-50(69)79-35-41-22-12-6-13-23-41)64-53(71)44(27-28-48(67)77-33-39-18-8-4-9-19-39)62-54(72)45(30-49(68)78-34-40-20-10-5-11-21-40)61-47(66)32-59-52(70)43(60-38(3)65)26-16-17-29-58-57(76)80-36-42-24-14-7-15-25-42/h4-15,18-25,37,43-46,51H,16-17,26-36H2,1-3H3,(H,58,76)(H,59,70)(H,60,65)(H,61,66)(H,62,72)(H,63,73)(H,64,71)(H,74,75)/t43-,44-,45-,46-,51-/m0/s1. The van der Waals surface area contributed by atoms with Gasteiger partial charge in [0.05, 0.1) is 19.4 Å². The van der Waals surface area contributed by atoms with Gasteiger partial charge in [-0.1, -0.05) is 135 Å². The molecule has 0 aliphatic rings. The Kier molecular flexibility index (Phi) is 27.4. The van der Waals surface area contributed by atoms with E-state index in [4.69, 9.17) is 18.9 Å². The second kappa shape index (κ2) is 34.6. The highest BCUT2D eigenvalue weighted by molar-refractivity contribution is 5.97. The lowest BCUT2D eigenvalue weighted by atomic mass is 10.0. The van der Waals surface area contributed by atoms with Crippen LogP contribution in [0.15, 0.2) is 121 Å². The molecule has 4 aromatic rings. The maximum Gasteiger partial charge on any atom is 0.407 e. The molecule has 0 unspecified atom stereocenters. The van der Waals surface area contributed by atoms with Gasteiger partial charge in [-0.2, -0.15) is 0 Å². The number of esters is 3. The number of amides is 7. The summed E-state index contributed by atoms with van der Waals surface area (Å²) < 4.78 is 21.2. The summed E-state index contributed by atoms with van der Waals surface area (Å²) in [6.07, 6.45) is -2.34. The number of carboxylic acid groups (broad SMARTS) is 1. The van der Waals surface area contributed by atoms with Crippen LogP contribution in [0.3, 0.4) is 0 Å². The zero-order valence-corrected chi connectivity index (χ0v) is 44.8. The van der Waals surface area contributed by atoms with Crippen LogP contribution in [0.4, 0.5) is 4.79 Å². The second-order valence-corrected chi connectivity index (χ2v) is 18.7.